The van der Waals surface area contributed by atoms with Crippen molar-refractivity contribution < 1.29 is 9.59 Å². The van der Waals surface area contributed by atoms with Crippen molar-refractivity contribution in [3.05, 3.63) is 16.1 Å². The van der Waals surface area contributed by atoms with Crippen LogP contribution in [0.3, 0.4) is 0 Å². The van der Waals surface area contributed by atoms with Gasteiger partial charge in [0.25, 0.3) is 0 Å². The Hall–Kier alpha value is -1.08. The molecule has 0 fully saturated rings. The zero-order chi connectivity index (χ0) is 16.0. The maximum Gasteiger partial charge on any atom is 0.318 e. The Balaban J connectivity index is 2.59. The molecular weight excluding hydrogens is 306 g/mol. The molecule has 2 atom stereocenters. The highest BCUT2D eigenvalue weighted by molar-refractivity contribution is 7.80. The number of hydrogen-bond donors (Lipinski definition) is 2. The number of nitrogens with zero attached hydrogens (tertiary/aromatic N) is 2. The second kappa shape index (κ2) is 8.38. The number of aldehydes is 1. The first kappa shape index (κ1) is 18.0. The van der Waals surface area contributed by atoms with Crippen molar-refractivity contribution in [3.63, 3.8) is 0 Å². The molecular formula is C14H23N3O2S2. The Morgan fingerprint density at radius 2 is 2.19 bits per heavy atom. The lowest BCUT2D eigenvalue weighted by Gasteiger charge is -2.23. The summed E-state index contributed by atoms with van der Waals surface area (Å²) in [5, 5.41) is 5.74. The van der Waals surface area contributed by atoms with Gasteiger partial charge in [-0.1, -0.05) is 20.8 Å². The zero-order valence-corrected chi connectivity index (χ0v) is 14.6. The molecule has 0 saturated heterocycles. The number of aromatic nitrogens is 1. The lowest BCUT2D eigenvalue weighted by Crippen LogP contribution is -2.46. The van der Waals surface area contributed by atoms with Crippen molar-refractivity contribution in [2.45, 2.75) is 39.3 Å². The average Bonchev–Trinajstić information content (AvgIpc) is 2.92. The molecule has 1 heterocycles. The van der Waals surface area contributed by atoms with Crippen LogP contribution in [-0.4, -0.2) is 41.0 Å². The molecule has 7 heteroatoms. The van der Waals surface area contributed by atoms with E-state index in [4.69, 9.17) is 0 Å². The summed E-state index contributed by atoms with van der Waals surface area (Å²) in [6.07, 6.45) is 0.756. The summed E-state index contributed by atoms with van der Waals surface area (Å²) in [4.78, 5) is 29.1. The molecule has 2 amide bonds. The van der Waals surface area contributed by atoms with Gasteiger partial charge in [0.1, 0.15) is 6.29 Å². The molecule has 0 aliphatic rings. The molecule has 0 radical (unpaired) electrons. The molecule has 0 saturated carbocycles. The highest BCUT2D eigenvalue weighted by Crippen LogP contribution is 2.19. The maximum atomic E-state index is 12.1. The Morgan fingerprint density at radius 1 is 1.52 bits per heavy atom. The molecule has 0 aliphatic carbocycles. The summed E-state index contributed by atoms with van der Waals surface area (Å²) in [5.74, 6) is 0.922. The van der Waals surface area contributed by atoms with Crippen LogP contribution in [0.1, 0.15) is 37.4 Å². The van der Waals surface area contributed by atoms with E-state index < -0.39 is 6.04 Å². The summed E-state index contributed by atoms with van der Waals surface area (Å²) in [6.45, 7) is 6.48. The first-order valence-electron chi connectivity index (χ1n) is 6.91. The number of carbonyl (C=O) groups is 2. The van der Waals surface area contributed by atoms with E-state index in [1.165, 1.54) is 4.90 Å². The Bertz CT molecular complexity index is 477. The highest BCUT2D eigenvalue weighted by atomic mass is 32.1. The van der Waals surface area contributed by atoms with Crippen LogP contribution in [0.15, 0.2) is 5.38 Å². The summed E-state index contributed by atoms with van der Waals surface area (Å²) in [6, 6.07) is -0.793. The molecule has 5 nitrogen and oxygen atoms in total. The minimum Gasteiger partial charge on any atom is -0.328 e. The second-order valence-corrected chi connectivity index (χ2v) is 6.71. The summed E-state index contributed by atoms with van der Waals surface area (Å²) in [7, 11) is 1.69. The van der Waals surface area contributed by atoms with Crippen molar-refractivity contribution >= 4 is 36.3 Å². The third kappa shape index (κ3) is 5.32. The molecule has 118 valence electrons. The van der Waals surface area contributed by atoms with Gasteiger partial charge < -0.3 is 15.0 Å². The van der Waals surface area contributed by atoms with Crippen LogP contribution in [-0.2, 0) is 11.3 Å². The van der Waals surface area contributed by atoms with Crippen LogP contribution >= 0.6 is 24.0 Å². The van der Waals surface area contributed by atoms with Gasteiger partial charge in [-0.25, -0.2) is 9.78 Å². The maximum absolute atomic E-state index is 12.1. The van der Waals surface area contributed by atoms with Crippen molar-refractivity contribution in [3.8, 4) is 0 Å². The van der Waals surface area contributed by atoms with Crippen LogP contribution in [0.5, 0.6) is 0 Å². The molecule has 1 N–H and O–H groups in total. The van der Waals surface area contributed by atoms with Gasteiger partial charge in [0.15, 0.2) is 0 Å². The largest absolute Gasteiger partial charge is 0.328 e. The number of carbonyl (C=O) groups excluding carboxylic acids is 2. The number of amides is 2. The van der Waals surface area contributed by atoms with Gasteiger partial charge in [-0.3, -0.25) is 0 Å². The minimum absolute atomic E-state index is 0.00463. The number of thiol groups is 1. The fourth-order valence-electron chi connectivity index (χ4n) is 1.65. The van der Waals surface area contributed by atoms with E-state index in [1.807, 2.05) is 12.3 Å². The lowest BCUT2D eigenvalue weighted by molar-refractivity contribution is -0.110. The fraction of sp³-hybridized carbons (Fsp3) is 0.643. The topological polar surface area (TPSA) is 62.3 Å². The predicted octanol–water partition coefficient (Wildman–Crippen LogP) is 2.54. The van der Waals surface area contributed by atoms with Crippen molar-refractivity contribution in [1.29, 1.82) is 0 Å². The van der Waals surface area contributed by atoms with E-state index in [-0.39, 0.29) is 11.9 Å². The third-order valence-corrected chi connectivity index (χ3v) is 4.92. The summed E-state index contributed by atoms with van der Waals surface area (Å²) >= 11 is 5.76. The van der Waals surface area contributed by atoms with Crippen LogP contribution in [0.2, 0.25) is 0 Å². The van der Waals surface area contributed by atoms with Crippen LogP contribution < -0.4 is 5.32 Å². The van der Waals surface area contributed by atoms with Crippen molar-refractivity contribution in [2.24, 2.45) is 5.92 Å². The number of urea groups is 1. The van der Waals surface area contributed by atoms with E-state index in [1.54, 1.807) is 18.4 Å². The first-order valence-corrected chi connectivity index (χ1v) is 8.42. The zero-order valence-electron chi connectivity index (χ0n) is 12.9. The second-order valence-electron chi connectivity index (χ2n) is 5.46. The minimum atomic E-state index is -0.515. The molecule has 1 aromatic heterocycles. The SMILES string of the molecule is CC(C)c1nc(CN(C)C(=O)N[C@H](C=O)C(C)CS)cs1. The Kier molecular flexibility index (Phi) is 7.17. The van der Waals surface area contributed by atoms with Gasteiger partial charge in [-0.05, 0) is 11.7 Å². The van der Waals surface area contributed by atoms with Gasteiger partial charge in [-0.15, -0.1) is 11.3 Å². The van der Waals surface area contributed by atoms with Gasteiger partial charge in [0.05, 0.1) is 23.3 Å². The average molecular weight is 329 g/mol. The van der Waals surface area contributed by atoms with Gasteiger partial charge in [-0.2, -0.15) is 12.6 Å². The van der Waals surface area contributed by atoms with Crippen LogP contribution in [0.4, 0.5) is 4.79 Å². The monoisotopic (exact) mass is 329 g/mol. The van der Waals surface area contributed by atoms with E-state index in [0.717, 1.165) is 17.0 Å². The molecule has 0 aliphatic heterocycles. The Labute approximate surface area is 135 Å². The number of hydrogen-bond acceptors (Lipinski definition) is 5. The predicted molar refractivity (Wildman–Crippen MR) is 89.1 cm³/mol. The van der Waals surface area contributed by atoms with Gasteiger partial charge in [0, 0.05) is 18.3 Å². The molecule has 0 aromatic carbocycles. The standard InChI is InChI=1S/C14H23N3O2S2/c1-9(2)13-15-11(8-21-13)5-17(4)14(19)16-12(6-18)10(3)7-20/h6,8-10,12,20H,5,7H2,1-4H3,(H,16,19)/t10?,12-/m1/s1. The van der Waals surface area contributed by atoms with Crippen LogP contribution in [0, 0.1) is 5.92 Å². The fourth-order valence-corrected chi connectivity index (χ4v) is 2.71. The third-order valence-electron chi connectivity index (χ3n) is 3.15. The quantitative estimate of drug-likeness (QED) is 0.597. The molecule has 0 bridgehead atoms. The molecule has 0 spiro atoms. The molecule has 1 aromatic rings. The van der Waals surface area contributed by atoms with Crippen molar-refractivity contribution in [2.75, 3.05) is 12.8 Å². The first-order chi connectivity index (χ1) is 9.88. The highest BCUT2D eigenvalue weighted by Gasteiger charge is 2.20. The normalized spacial score (nSPS) is 13.8. The number of nitrogens with one attached hydrogen (secondary N) is 1. The van der Waals surface area contributed by atoms with Crippen molar-refractivity contribution in [1.82, 2.24) is 15.2 Å². The van der Waals surface area contributed by atoms with E-state index in [0.29, 0.717) is 18.2 Å². The molecule has 1 rings (SSSR count). The van der Waals surface area contributed by atoms with Crippen LogP contribution in [0.25, 0.3) is 0 Å². The number of thiazole rings is 1. The number of rotatable bonds is 7. The van der Waals surface area contributed by atoms with E-state index in [2.05, 4.69) is 36.8 Å². The Morgan fingerprint density at radius 3 is 2.67 bits per heavy atom. The van der Waals surface area contributed by atoms with E-state index in [9.17, 15) is 9.59 Å². The molecule has 21 heavy (non-hydrogen) atoms. The smallest absolute Gasteiger partial charge is 0.318 e. The molecule has 1 unspecified atom stereocenters. The summed E-state index contributed by atoms with van der Waals surface area (Å²) < 4.78 is 0. The van der Waals surface area contributed by atoms with Gasteiger partial charge in [0.2, 0.25) is 0 Å². The lowest BCUT2D eigenvalue weighted by atomic mass is 10.1. The summed E-state index contributed by atoms with van der Waals surface area (Å²) in [5.41, 5.74) is 0.867. The van der Waals surface area contributed by atoms with E-state index >= 15 is 0 Å². The van der Waals surface area contributed by atoms with Gasteiger partial charge >= 0.3 is 6.03 Å².